The van der Waals surface area contributed by atoms with Crippen molar-refractivity contribution >= 4 is 31.9 Å². The molecule has 0 atom stereocenters. The van der Waals surface area contributed by atoms with E-state index in [0.717, 1.165) is 14.5 Å². The molecular weight excluding hydrogens is 388 g/mol. The molecule has 1 heterocycles. The second-order valence-corrected chi connectivity index (χ2v) is 5.92. The molecule has 100 valence electrons. The fourth-order valence-electron chi connectivity index (χ4n) is 1.73. The van der Waals surface area contributed by atoms with Crippen molar-refractivity contribution in [3.8, 4) is 28.6 Å². The summed E-state index contributed by atoms with van der Waals surface area (Å²) >= 11 is 6.72. The van der Waals surface area contributed by atoms with Crippen molar-refractivity contribution in [3.05, 3.63) is 51.4 Å². The van der Waals surface area contributed by atoms with Crippen molar-refractivity contribution in [3.63, 3.8) is 0 Å². The van der Waals surface area contributed by atoms with E-state index in [0.29, 0.717) is 11.4 Å². The molecule has 0 fully saturated rings. The normalized spacial score (nSPS) is 10.7. The Bertz CT molecular complexity index is 754. The van der Waals surface area contributed by atoms with E-state index in [-0.39, 0.29) is 11.6 Å². The lowest BCUT2D eigenvalue weighted by Gasteiger charge is -1.99. The zero-order valence-electron chi connectivity index (χ0n) is 10.0. The molecule has 0 amide bonds. The third-order valence-electron chi connectivity index (χ3n) is 2.72. The minimum atomic E-state index is 0.0965. The fourth-order valence-corrected chi connectivity index (χ4v) is 2.35. The molecule has 3 aromatic rings. The smallest absolute Gasteiger partial charge is 0.262 e. The minimum absolute atomic E-state index is 0.0965. The Morgan fingerprint density at radius 3 is 2.40 bits per heavy atom. The number of hydrogen-bond acceptors (Lipinski definition) is 4. The fraction of sp³-hybridized carbons (Fsp3) is 0. The Labute approximate surface area is 131 Å². The van der Waals surface area contributed by atoms with Gasteiger partial charge in [-0.2, -0.15) is 4.98 Å². The van der Waals surface area contributed by atoms with Gasteiger partial charge in [-0.15, -0.1) is 0 Å². The maximum absolute atomic E-state index is 9.85. The summed E-state index contributed by atoms with van der Waals surface area (Å²) in [6.07, 6.45) is 0. The summed E-state index contributed by atoms with van der Waals surface area (Å²) in [7, 11) is 0. The van der Waals surface area contributed by atoms with Crippen LogP contribution in [0.1, 0.15) is 0 Å². The van der Waals surface area contributed by atoms with E-state index in [2.05, 4.69) is 42.0 Å². The van der Waals surface area contributed by atoms with Crippen LogP contribution in [0.3, 0.4) is 0 Å². The summed E-state index contributed by atoms with van der Waals surface area (Å²) in [6.45, 7) is 0. The van der Waals surface area contributed by atoms with Crippen molar-refractivity contribution in [1.82, 2.24) is 10.1 Å². The third-order valence-corrected chi connectivity index (χ3v) is 3.74. The molecule has 0 aliphatic heterocycles. The van der Waals surface area contributed by atoms with Crippen LogP contribution in [0.15, 0.2) is 55.9 Å². The van der Waals surface area contributed by atoms with Gasteiger partial charge < -0.3 is 9.63 Å². The largest absolute Gasteiger partial charge is 0.507 e. The average molecular weight is 396 g/mol. The zero-order valence-corrected chi connectivity index (χ0v) is 13.2. The maximum atomic E-state index is 9.85. The maximum Gasteiger partial charge on any atom is 0.262 e. The van der Waals surface area contributed by atoms with Crippen LogP contribution in [0.2, 0.25) is 0 Å². The standard InChI is InChI=1S/C14H8Br2N2O2/c15-9-3-1-8(2-4-9)13-17-14(20-18-13)11-7-10(16)5-6-12(11)19/h1-7,19H. The van der Waals surface area contributed by atoms with Crippen molar-refractivity contribution in [1.29, 1.82) is 0 Å². The van der Waals surface area contributed by atoms with E-state index < -0.39 is 0 Å². The number of hydrogen-bond donors (Lipinski definition) is 1. The molecular formula is C14H8Br2N2O2. The van der Waals surface area contributed by atoms with Gasteiger partial charge in [0.05, 0.1) is 5.56 Å². The van der Waals surface area contributed by atoms with E-state index in [4.69, 9.17) is 4.52 Å². The number of benzene rings is 2. The number of halogens is 2. The molecule has 0 saturated heterocycles. The summed E-state index contributed by atoms with van der Waals surface area (Å²) in [5.41, 5.74) is 1.34. The van der Waals surface area contributed by atoms with Crippen molar-refractivity contribution < 1.29 is 9.63 Å². The highest BCUT2D eigenvalue weighted by atomic mass is 79.9. The molecule has 0 radical (unpaired) electrons. The van der Waals surface area contributed by atoms with Crippen LogP contribution in [0, 0.1) is 0 Å². The highest BCUT2D eigenvalue weighted by Crippen LogP contribution is 2.32. The summed E-state index contributed by atoms with van der Waals surface area (Å²) in [6, 6.07) is 12.6. The molecule has 0 spiro atoms. The van der Waals surface area contributed by atoms with Gasteiger partial charge in [-0.05, 0) is 42.5 Å². The van der Waals surface area contributed by atoms with Gasteiger partial charge in [0, 0.05) is 14.5 Å². The van der Waals surface area contributed by atoms with Gasteiger partial charge in [-0.25, -0.2) is 0 Å². The van der Waals surface area contributed by atoms with E-state index in [1.807, 2.05) is 24.3 Å². The first-order valence-corrected chi connectivity index (χ1v) is 7.30. The second-order valence-electron chi connectivity index (χ2n) is 4.09. The highest BCUT2D eigenvalue weighted by Gasteiger charge is 2.14. The summed E-state index contributed by atoms with van der Waals surface area (Å²) < 4.78 is 7.03. The van der Waals surface area contributed by atoms with E-state index in [1.54, 1.807) is 18.2 Å². The first-order valence-electron chi connectivity index (χ1n) is 5.72. The molecule has 0 unspecified atom stereocenters. The van der Waals surface area contributed by atoms with E-state index >= 15 is 0 Å². The van der Waals surface area contributed by atoms with E-state index in [1.165, 1.54) is 0 Å². The lowest BCUT2D eigenvalue weighted by Crippen LogP contribution is -1.82. The van der Waals surface area contributed by atoms with Crippen LogP contribution in [-0.2, 0) is 0 Å². The summed E-state index contributed by atoms with van der Waals surface area (Å²) in [5, 5.41) is 13.8. The highest BCUT2D eigenvalue weighted by molar-refractivity contribution is 9.10. The van der Waals surface area contributed by atoms with Crippen molar-refractivity contribution in [2.75, 3.05) is 0 Å². The van der Waals surface area contributed by atoms with Crippen LogP contribution < -0.4 is 0 Å². The zero-order chi connectivity index (χ0) is 14.1. The third kappa shape index (κ3) is 2.62. The Hall–Kier alpha value is -1.66. The van der Waals surface area contributed by atoms with Crippen LogP contribution in [0.25, 0.3) is 22.8 Å². The van der Waals surface area contributed by atoms with Gasteiger partial charge in [0.1, 0.15) is 5.75 Å². The molecule has 0 bridgehead atoms. The molecule has 3 rings (SSSR count). The van der Waals surface area contributed by atoms with E-state index in [9.17, 15) is 5.11 Å². The SMILES string of the molecule is Oc1ccc(Br)cc1-c1nc(-c2ccc(Br)cc2)no1. The predicted molar refractivity (Wildman–Crippen MR) is 82.2 cm³/mol. The number of nitrogens with zero attached hydrogens (tertiary/aromatic N) is 2. The van der Waals surface area contributed by atoms with Gasteiger partial charge >= 0.3 is 0 Å². The summed E-state index contributed by atoms with van der Waals surface area (Å²) in [5.74, 6) is 0.854. The lowest BCUT2D eigenvalue weighted by atomic mass is 10.2. The van der Waals surface area contributed by atoms with Gasteiger partial charge in [-0.1, -0.05) is 37.0 Å². The summed E-state index contributed by atoms with van der Waals surface area (Å²) in [4.78, 5) is 4.31. The lowest BCUT2D eigenvalue weighted by molar-refractivity contribution is 0.425. The van der Waals surface area contributed by atoms with Gasteiger partial charge in [0.15, 0.2) is 0 Å². The molecule has 4 nitrogen and oxygen atoms in total. The molecule has 20 heavy (non-hydrogen) atoms. The minimum Gasteiger partial charge on any atom is -0.507 e. The number of aromatic nitrogens is 2. The Morgan fingerprint density at radius 1 is 0.950 bits per heavy atom. The second kappa shape index (κ2) is 5.38. The Morgan fingerprint density at radius 2 is 1.65 bits per heavy atom. The van der Waals surface area contributed by atoms with Crippen LogP contribution in [0.4, 0.5) is 0 Å². The van der Waals surface area contributed by atoms with Crippen LogP contribution in [0.5, 0.6) is 5.75 Å². The predicted octanol–water partition coefficient (Wildman–Crippen LogP) is 4.63. The van der Waals surface area contributed by atoms with Gasteiger partial charge in [0.25, 0.3) is 5.89 Å². The molecule has 1 N–H and O–H groups in total. The molecule has 6 heteroatoms. The Kier molecular flexibility index (Phi) is 3.58. The first-order chi connectivity index (χ1) is 9.63. The topological polar surface area (TPSA) is 59.2 Å². The number of aromatic hydroxyl groups is 1. The van der Waals surface area contributed by atoms with Crippen molar-refractivity contribution in [2.45, 2.75) is 0 Å². The first kappa shape index (κ1) is 13.3. The molecule has 0 aliphatic rings. The molecule has 1 aromatic heterocycles. The molecule has 0 saturated carbocycles. The number of phenols is 1. The van der Waals surface area contributed by atoms with Crippen LogP contribution in [-0.4, -0.2) is 15.2 Å². The van der Waals surface area contributed by atoms with Crippen LogP contribution >= 0.6 is 31.9 Å². The molecule has 2 aromatic carbocycles. The Balaban J connectivity index is 2.01. The number of phenolic OH excluding ortho intramolecular Hbond substituents is 1. The number of rotatable bonds is 2. The van der Waals surface area contributed by atoms with Gasteiger partial charge in [0.2, 0.25) is 5.82 Å². The molecule has 0 aliphatic carbocycles. The quantitative estimate of drug-likeness (QED) is 0.686. The monoisotopic (exact) mass is 394 g/mol. The average Bonchev–Trinajstić information content (AvgIpc) is 2.92. The van der Waals surface area contributed by atoms with Crippen molar-refractivity contribution in [2.24, 2.45) is 0 Å². The van der Waals surface area contributed by atoms with Gasteiger partial charge in [-0.3, -0.25) is 0 Å².